The summed E-state index contributed by atoms with van der Waals surface area (Å²) in [7, 11) is 0. The fraction of sp³-hybridized carbons (Fsp3) is 0.250. The Bertz CT molecular complexity index is 689. The molecule has 0 radical (unpaired) electrons. The highest BCUT2D eigenvalue weighted by Gasteiger charge is 2.31. The van der Waals surface area contributed by atoms with Crippen LogP contribution in [0.1, 0.15) is 27.2 Å². The zero-order chi connectivity index (χ0) is 13.6. The van der Waals surface area contributed by atoms with Gasteiger partial charge >= 0.3 is 5.97 Å². The van der Waals surface area contributed by atoms with Crippen LogP contribution in [0.2, 0.25) is 0 Å². The molecule has 1 N–H and O–H groups in total. The second-order valence-electron chi connectivity index (χ2n) is 5.05. The molecule has 0 bridgehead atoms. The Kier molecular flexibility index (Phi) is 2.63. The maximum atomic E-state index is 11.5. The molecule has 1 aromatic carbocycles. The van der Waals surface area contributed by atoms with E-state index in [9.17, 15) is 9.90 Å². The first kappa shape index (κ1) is 11.9. The van der Waals surface area contributed by atoms with E-state index < -0.39 is 5.97 Å². The summed E-state index contributed by atoms with van der Waals surface area (Å²) in [6, 6.07) is 10.3. The van der Waals surface area contributed by atoms with Gasteiger partial charge in [-0.3, -0.25) is 0 Å². The number of aryl methyl sites for hydroxylation is 2. The lowest BCUT2D eigenvalue weighted by Crippen LogP contribution is -2.46. The molecule has 0 spiro atoms. The highest BCUT2D eigenvalue weighted by molar-refractivity contribution is 5.86. The number of hydrogen-bond donors (Lipinski definition) is 1. The van der Waals surface area contributed by atoms with Crippen LogP contribution in [0.3, 0.4) is 0 Å². The molecule has 1 aliphatic heterocycles. The highest BCUT2D eigenvalue weighted by Crippen LogP contribution is 2.27. The fourth-order valence-electron chi connectivity index (χ4n) is 2.85. The molecule has 0 saturated carbocycles. The maximum absolute atomic E-state index is 11.5. The van der Waals surface area contributed by atoms with E-state index in [-0.39, 0.29) is 0 Å². The van der Waals surface area contributed by atoms with Crippen LogP contribution in [0.4, 0.5) is 0 Å². The van der Waals surface area contributed by atoms with Gasteiger partial charge in [0.15, 0.2) is 6.54 Å². The minimum atomic E-state index is -0.846. The number of carboxylic acids is 1. The first-order chi connectivity index (χ1) is 9.09. The Balaban J connectivity index is 2.36. The summed E-state index contributed by atoms with van der Waals surface area (Å²) in [6.07, 6.45) is 0.886. The lowest BCUT2D eigenvalue weighted by atomic mass is 9.94. The smallest absolute Gasteiger partial charge is 0.401 e. The molecule has 0 saturated heterocycles. The van der Waals surface area contributed by atoms with Crippen molar-refractivity contribution in [2.75, 3.05) is 0 Å². The number of aromatic carboxylic acids is 1. The van der Waals surface area contributed by atoms with E-state index >= 15 is 0 Å². The lowest BCUT2D eigenvalue weighted by Gasteiger charge is -2.17. The van der Waals surface area contributed by atoms with Gasteiger partial charge in [0.2, 0.25) is 5.69 Å². The topological polar surface area (TPSA) is 41.2 Å². The molecule has 3 nitrogen and oxygen atoms in total. The third-order valence-corrected chi connectivity index (χ3v) is 3.96. The average Bonchev–Trinajstić information content (AvgIpc) is 2.40. The molecule has 0 amide bonds. The van der Waals surface area contributed by atoms with E-state index in [0.29, 0.717) is 5.69 Å². The summed E-state index contributed by atoms with van der Waals surface area (Å²) in [6.45, 7) is 4.58. The molecule has 19 heavy (non-hydrogen) atoms. The van der Waals surface area contributed by atoms with Crippen molar-refractivity contribution < 1.29 is 14.5 Å². The number of carboxylic acid groups (broad SMARTS) is 1. The van der Waals surface area contributed by atoms with Crippen LogP contribution in [0.25, 0.3) is 11.3 Å². The Morgan fingerprint density at radius 1 is 1.26 bits per heavy atom. The number of carbonyl (C=O) groups is 1. The number of benzene rings is 1. The normalized spacial score (nSPS) is 12.7. The van der Waals surface area contributed by atoms with Gasteiger partial charge in [-0.05, 0) is 31.0 Å². The lowest BCUT2D eigenvalue weighted by molar-refractivity contribution is -0.690. The Labute approximate surface area is 112 Å². The van der Waals surface area contributed by atoms with E-state index in [2.05, 4.69) is 18.2 Å². The zero-order valence-corrected chi connectivity index (χ0v) is 11.1. The molecule has 2 heterocycles. The van der Waals surface area contributed by atoms with Crippen molar-refractivity contribution in [3.05, 3.63) is 52.7 Å². The van der Waals surface area contributed by atoms with Crippen LogP contribution in [0.5, 0.6) is 0 Å². The van der Waals surface area contributed by atoms with Crippen molar-refractivity contribution >= 4 is 5.97 Å². The Morgan fingerprint density at radius 2 is 2.00 bits per heavy atom. The molecule has 0 aliphatic carbocycles. The van der Waals surface area contributed by atoms with Crippen LogP contribution in [-0.4, -0.2) is 11.1 Å². The number of rotatable bonds is 1. The molecule has 0 atom stereocenters. The molecular formula is C16H16NO2+. The summed E-state index contributed by atoms with van der Waals surface area (Å²) in [5.74, 6) is -0.846. The Hall–Kier alpha value is -2.16. The maximum Gasteiger partial charge on any atom is 0.401 e. The van der Waals surface area contributed by atoms with E-state index in [0.717, 1.165) is 35.3 Å². The quantitative estimate of drug-likeness (QED) is 0.794. The predicted molar refractivity (Wildman–Crippen MR) is 72.2 cm³/mol. The van der Waals surface area contributed by atoms with Crippen LogP contribution in [0.15, 0.2) is 30.3 Å². The molecule has 0 unspecified atom stereocenters. The summed E-state index contributed by atoms with van der Waals surface area (Å²) < 4.78 is 1.94. The van der Waals surface area contributed by atoms with Gasteiger partial charge in [0.1, 0.15) is 0 Å². The highest BCUT2D eigenvalue weighted by atomic mass is 16.4. The van der Waals surface area contributed by atoms with Gasteiger partial charge in [-0.15, -0.1) is 0 Å². The summed E-state index contributed by atoms with van der Waals surface area (Å²) in [5, 5.41) is 9.47. The third-order valence-electron chi connectivity index (χ3n) is 3.96. The predicted octanol–water partition coefficient (Wildman–Crippen LogP) is 2.51. The van der Waals surface area contributed by atoms with E-state index in [1.54, 1.807) is 0 Å². The zero-order valence-electron chi connectivity index (χ0n) is 11.1. The van der Waals surface area contributed by atoms with Crippen molar-refractivity contribution in [1.29, 1.82) is 0 Å². The largest absolute Gasteiger partial charge is 0.473 e. The van der Waals surface area contributed by atoms with Gasteiger partial charge in [-0.1, -0.05) is 18.2 Å². The Morgan fingerprint density at radius 3 is 2.74 bits per heavy atom. The minimum Gasteiger partial charge on any atom is -0.473 e. The van der Waals surface area contributed by atoms with Crippen LogP contribution < -0.4 is 4.57 Å². The molecule has 3 rings (SSSR count). The van der Waals surface area contributed by atoms with Crippen molar-refractivity contribution in [1.82, 2.24) is 0 Å². The number of fused-ring (bicyclic) bond motifs is 3. The van der Waals surface area contributed by atoms with Gasteiger partial charge < -0.3 is 5.11 Å². The minimum absolute atomic E-state index is 0.421. The number of hydrogen-bond acceptors (Lipinski definition) is 1. The van der Waals surface area contributed by atoms with Crippen LogP contribution in [-0.2, 0) is 13.0 Å². The first-order valence-electron chi connectivity index (χ1n) is 6.45. The van der Waals surface area contributed by atoms with Crippen molar-refractivity contribution in [2.24, 2.45) is 0 Å². The monoisotopic (exact) mass is 254 g/mol. The van der Waals surface area contributed by atoms with E-state index in [1.165, 1.54) is 5.56 Å². The molecule has 0 fully saturated rings. The van der Waals surface area contributed by atoms with E-state index in [1.807, 2.05) is 30.5 Å². The van der Waals surface area contributed by atoms with Gasteiger partial charge in [-0.25, -0.2) is 4.79 Å². The summed E-state index contributed by atoms with van der Waals surface area (Å²) in [4.78, 5) is 11.5. The van der Waals surface area contributed by atoms with Gasteiger partial charge in [0, 0.05) is 23.6 Å². The van der Waals surface area contributed by atoms with Crippen LogP contribution >= 0.6 is 0 Å². The second-order valence-corrected chi connectivity index (χ2v) is 5.05. The number of nitrogens with zero attached hydrogens (tertiary/aromatic N) is 1. The molecule has 1 aromatic heterocycles. The first-order valence-corrected chi connectivity index (χ1v) is 6.45. The standard InChI is InChI=1S/C16H15NO2/c1-10-9-14-13-6-4-3-5-12(13)7-8-17(14)15(11(10)2)16(18)19/h3-6,9H,7-8H2,1-2H3/p+1. The second kappa shape index (κ2) is 4.19. The summed E-state index contributed by atoms with van der Waals surface area (Å²) in [5.41, 5.74) is 5.77. The van der Waals surface area contributed by atoms with Crippen molar-refractivity contribution in [3.8, 4) is 11.3 Å². The van der Waals surface area contributed by atoms with E-state index in [4.69, 9.17) is 0 Å². The molecule has 2 aromatic rings. The molecular weight excluding hydrogens is 238 g/mol. The van der Waals surface area contributed by atoms with Gasteiger partial charge in [0.05, 0.1) is 0 Å². The molecule has 1 aliphatic rings. The summed E-state index contributed by atoms with van der Waals surface area (Å²) >= 11 is 0. The average molecular weight is 254 g/mol. The molecule has 96 valence electrons. The SMILES string of the molecule is Cc1cc2[n+](c(C(=O)O)c1C)CCc1ccccc1-2. The number of aromatic nitrogens is 1. The third kappa shape index (κ3) is 1.73. The fourth-order valence-corrected chi connectivity index (χ4v) is 2.85. The van der Waals surface area contributed by atoms with Gasteiger partial charge in [-0.2, -0.15) is 4.57 Å². The van der Waals surface area contributed by atoms with Crippen molar-refractivity contribution in [3.63, 3.8) is 0 Å². The van der Waals surface area contributed by atoms with Crippen molar-refractivity contribution in [2.45, 2.75) is 26.8 Å². The molecule has 3 heteroatoms. The number of pyridine rings is 1. The van der Waals surface area contributed by atoms with Crippen LogP contribution in [0, 0.1) is 13.8 Å². The van der Waals surface area contributed by atoms with Gasteiger partial charge in [0.25, 0.3) is 5.69 Å².